The lowest BCUT2D eigenvalue weighted by atomic mass is 9.97. The fourth-order valence-electron chi connectivity index (χ4n) is 3.90. The maximum atomic E-state index is 15.2. The monoisotopic (exact) mass is 422 g/mol. The van der Waals surface area contributed by atoms with Gasteiger partial charge in [-0.25, -0.2) is 19.2 Å². The Bertz CT molecular complexity index is 1210. The number of hydrogen-bond acceptors (Lipinski definition) is 6. The zero-order valence-corrected chi connectivity index (χ0v) is 17.3. The van der Waals surface area contributed by atoms with Crippen LogP contribution >= 0.6 is 0 Å². The van der Waals surface area contributed by atoms with Crippen molar-refractivity contribution in [3.05, 3.63) is 35.9 Å². The van der Waals surface area contributed by atoms with Crippen molar-refractivity contribution >= 4 is 34.0 Å². The highest BCUT2D eigenvalue weighted by Gasteiger charge is 2.33. The molecule has 2 aliphatic rings. The van der Waals surface area contributed by atoms with Gasteiger partial charge in [-0.3, -0.25) is 5.32 Å². The fourth-order valence-corrected chi connectivity index (χ4v) is 3.90. The quantitative estimate of drug-likeness (QED) is 0.479. The molecule has 5 rings (SSSR count). The Morgan fingerprint density at radius 2 is 2.10 bits per heavy atom. The van der Waals surface area contributed by atoms with Crippen LogP contribution in [0.3, 0.4) is 0 Å². The standard InChI is InChI=1S/C22H23FN6O2/c1-10-5-16(10)28-22(30)29-17-7-12-6-13(18(23)19(24)15(12)9-26-17)14-8-27-21-20(11(14)2)25-3-4-31-21/h6-10,16,25H,3-5,24H2,1-2H3,(H2,26,28,29,30)/t10-,16+/m1/s1. The first-order valence-corrected chi connectivity index (χ1v) is 10.2. The Morgan fingerprint density at radius 1 is 1.29 bits per heavy atom. The molecule has 2 aromatic heterocycles. The van der Waals surface area contributed by atoms with Crippen molar-refractivity contribution in [3.63, 3.8) is 0 Å². The molecule has 31 heavy (non-hydrogen) atoms. The van der Waals surface area contributed by atoms with Gasteiger partial charge in [0.05, 0.1) is 5.69 Å². The molecule has 1 fully saturated rings. The summed E-state index contributed by atoms with van der Waals surface area (Å²) < 4.78 is 20.8. The average Bonchev–Trinajstić information content (AvgIpc) is 3.45. The molecule has 8 nitrogen and oxygen atoms in total. The van der Waals surface area contributed by atoms with Crippen molar-refractivity contribution in [1.82, 2.24) is 15.3 Å². The number of anilines is 3. The molecule has 2 amide bonds. The Morgan fingerprint density at radius 3 is 2.87 bits per heavy atom. The van der Waals surface area contributed by atoms with Gasteiger partial charge in [0.25, 0.3) is 0 Å². The van der Waals surface area contributed by atoms with Crippen LogP contribution in [0, 0.1) is 18.7 Å². The minimum absolute atomic E-state index is 0.00383. The van der Waals surface area contributed by atoms with E-state index < -0.39 is 5.82 Å². The zero-order chi connectivity index (χ0) is 21.7. The van der Waals surface area contributed by atoms with E-state index >= 15 is 4.39 Å². The van der Waals surface area contributed by atoms with Crippen LogP contribution in [0.5, 0.6) is 5.88 Å². The third-order valence-electron chi connectivity index (χ3n) is 5.90. The molecule has 9 heteroatoms. The molecule has 3 heterocycles. The van der Waals surface area contributed by atoms with Gasteiger partial charge in [0.1, 0.15) is 18.1 Å². The van der Waals surface area contributed by atoms with E-state index in [9.17, 15) is 4.79 Å². The Balaban J connectivity index is 1.53. The second-order valence-electron chi connectivity index (χ2n) is 8.11. The molecule has 1 aliphatic carbocycles. The van der Waals surface area contributed by atoms with Crippen LogP contribution in [-0.2, 0) is 0 Å². The number of carbonyl (C=O) groups is 1. The first-order valence-electron chi connectivity index (χ1n) is 10.2. The molecule has 0 saturated heterocycles. The number of urea groups is 1. The number of hydrogen-bond donors (Lipinski definition) is 4. The molecule has 0 spiro atoms. The van der Waals surface area contributed by atoms with Gasteiger partial charge < -0.3 is 21.1 Å². The third kappa shape index (κ3) is 3.45. The number of nitrogens with two attached hydrogens (primary N) is 1. The van der Waals surface area contributed by atoms with Gasteiger partial charge in [-0.15, -0.1) is 0 Å². The summed E-state index contributed by atoms with van der Waals surface area (Å²) in [5.41, 5.74) is 8.65. The molecule has 160 valence electrons. The fraction of sp³-hybridized carbons (Fsp3) is 0.318. The second kappa shape index (κ2) is 7.26. The van der Waals surface area contributed by atoms with Crippen molar-refractivity contribution in [2.45, 2.75) is 26.3 Å². The minimum atomic E-state index is -0.531. The maximum Gasteiger partial charge on any atom is 0.320 e. The van der Waals surface area contributed by atoms with Gasteiger partial charge in [-0.2, -0.15) is 0 Å². The third-order valence-corrected chi connectivity index (χ3v) is 5.90. The number of fused-ring (bicyclic) bond motifs is 2. The summed E-state index contributed by atoms with van der Waals surface area (Å²) in [5, 5.41) is 10.0. The van der Waals surface area contributed by atoms with Crippen LogP contribution in [0.15, 0.2) is 24.5 Å². The Kier molecular flexibility index (Phi) is 4.53. The van der Waals surface area contributed by atoms with Crippen LogP contribution in [-0.4, -0.2) is 35.2 Å². The van der Waals surface area contributed by atoms with E-state index in [0.29, 0.717) is 52.7 Å². The van der Waals surface area contributed by atoms with E-state index in [-0.39, 0.29) is 17.8 Å². The van der Waals surface area contributed by atoms with Crippen LogP contribution < -0.4 is 26.4 Å². The van der Waals surface area contributed by atoms with Gasteiger partial charge in [0.2, 0.25) is 5.88 Å². The molecule has 1 aromatic carbocycles. The van der Waals surface area contributed by atoms with Gasteiger partial charge in [-0.05, 0) is 42.3 Å². The number of aromatic nitrogens is 2. The van der Waals surface area contributed by atoms with Crippen molar-refractivity contribution in [3.8, 4) is 17.0 Å². The summed E-state index contributed by atoms with van der Waals surface area (Å²) in [7, 11) is 0. The lowest BCUT2D eigenvalue weighted by molar-refractivity contribution is 0.251. The number of carbonyl (C=O) groups excluding carboxylic acids is 1. The molecule has 2 atom stereocenters. The minimum Gasteiger partial charge on any atom is -0.474 e. The molecular formula is C22H23FN6O2. The van der Waals surface area contributed by atoms with E-state index in [2.05, 4.69) is 32.8 Å². The SMILES string of the molecule is Cc1c(-c2cc3cc(NC(=O)N[C@H]4C[C@H]4C)ncc3c(N)c2F)cnc2c1NCCO2. The maximum absolute atomic E-state index is 15.2. The van der Waals surface area contributed by atoms with E-state index in [4.69, 9.17) is 10.5 Å². The van der Waals surface area contributed by atoms with Crippen LogP contribution in [0.25, 0.3) is 21.9 Å². The van der Waals surface area contributed by atoms with Crippen LogP contribution in [0.2, 0.25) is 0 Å². The molecular weight excluding hydrogens is 399 g/mol. The lowest BCUT2D eigenvalue weighted by Crippen LogP contribution is -2.31. The van der Waals surface area contributed by atoms with Crippen molar-refractivity contribution in [2.75, 3.05) is 29.5 Å². The van der Waals surface area contributed by atoms with E-state index in [1.54, 1.807) is 18.3 Å². The second-order valence-corrected chi connectivity index (χ2v) is 8.11. The highest BCUT2D eigenvalue weighted by Crippen LogP contribution is 2.39. The van der Waals surface area contributed by atoms with E-state index in [1.807, 2.05) is 6.92 Å². The number of rotatable bonds is 3. The summed E-state index contributed by atoms with van der Waals surface area (Å²) in [6, 6.07) is 3.29. The number of pyridine rings is 2. The Labute approximate surface area is 178 Å². The summed E-state index contributed by atoms with van der Waals surface area (Å²) in [6.45, 7) is 5.16. The number of amides is 2. The molecule has 3 aromatic rings. The normalized spacial score (nSPS) is 19.2. The zero-order valence-electron chi connectivity index (χ0n) is 17.3. The number of nitrogens with zero attached hydrogens (tertiary/aromatic N) is 2. The highest BCUT2D eigenvalue weighted by molar-refractivity contribution is 6.00. The van der Waals surface area contributed by atoms with E-state index in [1.165, 1.54) is 6.20 Å². The summed E-state index contributed by atoms with van der Waals surface area (Å²) in [5.74, 6) is 0.838. The topological polar surface area (TPSA) is 114 Å². The first kappa shape index (κ1) is 19.3. The van der Waals surface area contributed by atoms with Crippen molar-refractivity contribution < 1.29 is 13.9 Å². The van der Waals surface area contributed by atoms with Gasteiger partial charge in [0, 0.05) is 41.5 Å². The predicted molar refractivity (Wildman–Crippen MR) is 118 cm³/mol. The number of halogens is 1. The van der Waals surface area contributed by atoms with Crippen LogP contribution in [0.1, 0.15) is 18.9 Å². The Hall–Kier alpha value is -3.62. The number of benzene rings is 1. The van der Waals surface area contributed by atoms with Crippen LogP contribution in [0.4, 0.5) is 26.4 Å². The molecule has 0 unspecified atom stereocenters. The molecule has 0 radical (unpaired) electrons. The summed E-state index contributed by atoms with van der Waals surface area (Å²) in [6.07, 6.45) is 4.04. The number of ether oxygens (including phenoxy) is 1. The average molecular weight is 422 g/mol. The van der Waals surface area contributed by atoms with Gasteiger partial charge in [-0.1, -0.05) is 6.92 Å². The van der Waals surface area contributed by atoms with Crippen molar-refractivity contribution in [1.29, 1.82) is 0 Å². The highest BCUT2D eigenvalue weighted by atomic mass is 19.1. The van der Waals surface area contributed by atoms with Crippen molar-refractivity contribution in [2.24, 2.45) is 5.92 Å². The predicted octanol–water partition coefficient (Wildman–Crippen LogP) is 3.66. The molecule has 5 N–H and O–H groups in total. The molecule has 1 saturated carbocycles. The molecule has 0 bridgehead atoms. The number of nitrogens with one attached hydrogen (secondary N) is 3. The lowest BCUT2D eigenvalue weighted by Gasteiger charge is -2.22. The van der Waals surface area contributed by atoms with E-state index in [0.717, 1.165) is 17.7 Å². The van der Waals surface area contributed by atoms with Gasteiger partial charge in [0.15, 0.2) is 5.82 Å². The largest absolute Gasteiger partial charge is 0.474 e. The number of nitrogen functional groups attached to an aromatic ring is 1. The summed E-state index contributed by atoms with van der Waals surface area (Å²) in [4.78, 5) is 20.7. The first-order chi connectivity index (χ1) is 14.9. The van der Waals surface area contributed by atoms with Gasteiger partial charge >= 0.3 is 6.03 Å². The smallest absolute Gasteiger partial charge is 0.320 e. The molecule has 1 aliphatic heterocycles. The summed E-state index contributed by atoms with van der Waals surface area (Å²) >= 11 is 0.